The molecule has 0 unspecified atom stereocenters. The molecule has 0 aliphatic carbocycles. The molecule has 0 heterocycles. The van der Waals surface area contributed by atoms with Gasteiger partial charge < -0.3 is 10.1 Å². The van der Waals surface area contributed by atoms with Gasteiger partial charge in [0.15, 0.2) is 0 Å². The Labute approximate surface area is 133 Å². The zero-order valence-corrected chi connectivity index (χ0v) is 13.3. The number of amides is 1. The monoisotopic (exact) mass is 305 g/mol. The van der Waals surface area contributed by atoms with Gasteiger partial charge in [-0.05, 0) is 30.9 Å². The zero-order chi connectivity index (χ0) is 15.9. The SMILES string of the molecule is O=CNc1ccccc1CCCCCCCCCCOC=O. The van der Waals surface area contributed by atoms with E-state index in [2.05, 4.69) is 16.1 Å². The fourth-order valence-corrected chi connectivity index (χ4v) is 2.55. The van der Waals surface area contributed by atoms with E-state index in [4.69, 9.17) is 0 Å². The van der Waals surface area contributed by atoms with Gasteiger partial charge in [0.2, 0.25) is 6.41 Å². The van der Waals surface area contributed by atoms with E-state index in [0.717, 1.165) is 37.8 Å². The van der Waals surface area contributed by atoms with E-state index in [9.17, 15) is 9.59 Å². The quantitative estimate of drug-likeness (QED) is 0.416. The minimum absolute atomic E-state index is 0.517. The number of ether oxygens (including phenoxy) is 1. The second-order valence-electron chi connectivity index (χ2n) is 5.46. The van der Waals surface area contributed by atoms with Crippen LogP contribution in [0.3, 0.4) is 0 Å². The molecule has 0 bridgehead atoms. The molecule has 0 radical (unpaired) electrons. The van der Waals surface area contributed by atoms with Gasteiger partial charge in [0.05, 0.1) is 6.61 Å². The average molecular weight is 305 g/mol. The topological polar surface area (TPSA) is 55.4 Å². The van der Waals surface area contributed by atoms with Crippen LogP contribution < -0.4 is 5.32 Å². The van der Waals surface area contributed by atoms with E-state index in [0.29, 0.717) is 13.1 Å². The number of hydrogen-bond donors (Lipinski definition) is 1. The van der Waals surface area contributed by atoms with Gasteiger partial charge in [-0.2, -0.15) is 0 Å². The highest BCUT2D eigenvalue weighted by atomic mass is 16.5. The summed E-state index contributed by atoms with van der Waals surface area (Å²) in [6.45, 7) is 1.07. The highest BCUT2D eigenvalue weighted by Gasteiger charge is 2.00. The van der Waals surface area contributed by atoms with Crippen molar-refractivity contribution in [2.45, 2.75) is 57.8 Å². The molecule has 22 heavy (non-hydrogen) atoms. The number of carbonyl (C=O) groups is 2. The molecular formula is C18H27NO3. The summed E-state index contributed by atoms with van der Waals surface area (Å²) >= 11 is 0. The van der Waals surface area contributed by atoms with Crippen LogP contribution in [0.25, 0.3) is 0 Å². The van der Waals surface area contributed by atoms with Gasteiger partial charge in [-0.3, -0.25) is 9.59 Å². The molecule has 4 nitrogen and oxygen atoms in total. The number of aryl methyl sites for hydroxylation is 1. The second kappa shape index (κ2) is 12.9. The van der Waals surface area contributed by atoms with Crippen LogP contribution in [0.5, 0.6) is 0 Å². The summed E-state index contributed by atoms with van der Waals surface area (Å²) in [5, 5.41) is 2.75. The molecule has 0 saturated carbocycles. The number of para-hydroxylation sites is 1. The molecule has 1 aromatic carbocycles. The Morgan fingerprint density at radius 1 is 0.864 bits per heavy atom. The Balaban J connectivity index is 1.99. The summed E-state index contributed by atoms with van der Waals surface area (Å²) in [5.74, 6) is 0. The third kappa shape index (κ3) is 8.45. The molecule has 0 saturated heterocycles. The lowest BCUT2D eigenvalue weighted by Crippen LogP contribution is -1.98. The molecule has 4 heteroatoms. The van der Waals surface area contributed by atoms with Crippen molar-refractivity contribution in [1.29, 1.82) is 0 Å². The van der Waals surface area contributed by atoms with Crippen LogP contribution in [0.1, 0.15) is 56.9 Å². The first-order valence-corrected chi connectivity index (χ1v) is 8.22. The Kier molecular flexibility index (Phi) is 10.7. The summed E-state index contributed by atoms with van der Waals surface area (Å²) < 4.78 is 4.65. The van der Waals surface area contributed by atoms with Crippen molar-refractivity contribution in [1.82, 2.24) is 0 Å². The van der Waals surface area contributed by atoms with Crippen LogP contribution >= 0.6 is 0 Å². The van der Waals surface area contributed by atoms with Crippen molar-refractivity contribution in [3.8, 4) is 0 Å². The molecule has 0 aromatic heterocycles. The number of anilines is 1. The van der Waals surface area contributed by atoms with Crippen LogP contribution in [0.4, 0.5) is 5.69 Å². The van der Waals surface area contributed by atoms with Crippen molar-refractivity contribution in [2.24, 2.45) is 0 Å². The van der Waals surface area contributed by atoms with Gasteiger partial charge in [0, 0.05) is 5.69 Å². The molecule has 0 spiro atoms. The van der Waals surface area contributed by atoms with Gasteiger partial charge in [0.25, 0.3) is 6.47 Å². The summed E-state index contributed by atoms with van der Waals surface area (Å²) in [7, 11) is 0. The Bertz CT molecular complexity index is 421. The van der Waals surface area contributed by atoms with Crippen LogP contribution in [-0.2, 0) is 20.7 Å². The van der Waals surface area contributed by atoms with Crippen molar-refractivity contribution in [3.63, 3.8) is 0 Å². The maximum Gasteiger partial charge on any atom is 0.293 e. The summed E-state index contributed by atoms with van der Waals surface area (Å²) in [4.78, 5) is 20.5. The first-order chi connectivity index (χ1) is 10.9. The lowest BCUT2D eigenvalue weighted by molar-refractivity contribution is -0.128. The van der Waals surface area contributed by atoms with E-state index in [1.807, 2.05) is 18.2 Å². The number of carbonyl (C=O) groups excluding carboxylic acids is 2. The largest absolute Gasteiger partial charge is 0.468 e. The molecule has 0 aliphatic rings. The average Bonchev–Trinajstić information content (AvgIpc) is 2.54. The molecule has 1 aromatic rings. The smallest absolute Gasteiger partial charge is 0.293 e. The van der Waals surface area contributed by atoms with Crippen LogP contribution in [0.2, 0.25) is 0 Å². The molecule has 0 fully saturated rings. The van der Waals surface area contributed by atoms with E-state index in [-0.39, 0.29) is 0 Å². The lowest BCUT2D eigenvalue weighted by Gasteiger charge is -2.08. The number of unbranched alkanes of at least 4 members (excludes halogenated alkanes) is 7. The van der Waals surface area contributed by atoms with E-state index < -0.39 is 0 Å². The van der Waals surface area contributed by atoms with Crippen molar-refractivity contribution >= 4 is 18.6 Å². The standard InChI is InChI=1S/C18H27NO3/c20-15-19-18-13-9-8-12-17(18)11-7-5-3-1-2-4-6-10-14-22-16-21/h8-9,12-13,15-16H,1-7,10-11,14H2,(H,19,20). The number of hydrogen-bond acceptors (Lipinski definition) is 3. The van der Waals surface area contributed by atoms with Crippen molar-refractivity contribution < 1.29 is 14.3 Å². The minimum Gasteiger partial charge on any atom is -0.468 e. The summed E-state index contributed by atoms with van der Waals surface area (Å²) in [6, 6.07) is 7.97. The van der Waals surface area contributed by atoms with Gasteiger partial charge in [-0.1, -0.05) is 56.7 Å². The minimum atomic E-state index is 0.517. The van der Waals surface area contributed by atoms with Crippen LogP contribution in [0, 0.1) is 0 Å². The number of rotatable bonds is 14. The zero-order valence-electron chi connectivity index (χ0n) is 13.3. The highest BCUT2D eigenvalue weighted by Crippen LogP contribution is 2.18. The first kappa shape index (κ1) is 18.2. The predicted molar refractivity (Wildman–Crippen MR) is 88.8 cm³/mol. The van der Waals surface area contributed by atoms with Gasteiger partial charge >= 0.3 is 0 Å². The molecule has 1 amide bonds. The normalized spacial score (nSPS) is 10.2. The summed E-state index contributed by atoms with van der Waals surface area (Å²) in [5.41, 5.74) is 2.14. The van der Waals surface area contributed by atoms with Gasteiger partial charge in [0.1, 0.15) is 0 Å². The van der Waals surface area contributed by atoms with E-state index in [1.165, 1.54) is 37.7 Å². The van der Waals surface area contributed by atoms with E-state index >= 15 is 0 Å². The summed E-state index contributed by atoms with van der Waals surface area (Å²) in [6.07, 6.45) is 11.2. The Hall–Kier alpha value is -1.84. The molecule has 0 atom stereocenters. The Morgan fingerprint density at radius 2 is 1.50 bits per heavy atom. The fraction of sp³-hybridized carbons (Fsp3) is 0.556. The van der Waals surface area contributed by atoms with Crippen LogP contribution in [0.15, 0.2) is 24.3 Å². The lowest BCUT2D eigenvalue weighted by atomic mass is 10.0. The molecule has 1 rings (SSSR count). The first-order valence-electron chi connectivity index (χ1n) is 8.22. The fourth-order valence-electron chi connectivity index (χ4n) is 2.55. The van der Waals surface area contributed by atoms with Gasteiger partial charge in [-0.15, -0.1) is 0 Å². The third-order valence-electron chi connectivity index (χ3n) is 3.76. The van der Waals surface area contributed by atoms with Gasteiger partial charge in [-0.25, -0.2) is 0 Å². The number of nitrogens with one attached hydrogen (secondary N) is 1. The molecule has 1 N–H and O–H groups in total. The van der Waals surface area contributed by atoms with Crippen LogP contribution in [-0.4, -0.2) is 19.5 Å². The number of benzene rings is 1. The third-order valence-corrected chi connectivity index (χ3v) is 3.76. The molecule has 122 valence electrons. The second-order valence-corrected chi connectivity index (χ2v) is 5.46. The van der Waals surface area contributed by atoms with E-state index in [1.54, 1.807) is 0 Å². The van der Waals surface area contributed by atoms with Crippen molar-refractivity contribution in [3.05, 3.63) is 29.8 Å². The maximum atomic E-state index is 10.6. The molecule has 0 aliphatic heterocycles. The highest BCUT2D eigenvalue weighted by molar-refractivity contribution is 5.73. The molecular weight excluding hydrogens is 278 g/mol. The maximum absolute atomic E-state index is 10.6. The van der Waals surface area contributed by atoms with Crippen molar-refractivity contribution in [2.75, 3.05) is 11.9 Å². The Morgan fingerprint density at radius 3 is 2.18 bits per heavy atom. The predicted octanol–water partition coefficient (Wildman–Crippen LogP) is 4.09.